The molecule has 2 N–H and O–H groups in total. The Morgan fingerprint density at radius 3 is 2.14 bits per heavy atom. The molecule has 2 bridgehead atoms. The lowest BCUT2D eigenvalue weighted by molar-refractivity contribution is -0.348. The van der Waals surface area contributed by atoms with Crippen molar-refractivity contribution in [3.63, 3.8) is 0 Å². The molecule has 4 nitrogen and oxygen atoms in total. The lowest BCUT2D eigenvalue weighted by atomic mass is 9.92. The van der Waals surface area contributed by atoms with Gasteiger partial charge in [0.2, 0.25) is 0 Å². The first-order valence-electron chi connectivity index (χ1n) is 11.5. The molecule has 4 rings (SSSR count). The van der Waals surface area contributed by atoms with Gasteiger partial charge < -0.3 is 10.6 Å². The molecule has 0 radical (unpaired) electrons. The smallest absolute Gasteiger partial charge is 0.349 e. The standard InChI is InChI=1S/C25H22ClF7N2O2/c1-12-9-15(23(27,24(28,29)30)25(31,32)33)7-8-18(12)34-21(36)16-3-2-4-17(26)20(16)22(37)35-19-11-13-5-6-14(19)10-13/h2-4,7-9,13-14,19H,5-6,10-11H2,1H3,(H,34,36)(H,35,37). The predicted octanol–water partition coefficient (Wildman–Crippen LogP) is 7.11. The highest BCUT2D eigenvalue weighted by molar-refractivity contribution is 6.35. The van der Waals surface area contributed by atoms with E-state index in [-0.39, 0.29) is 33.4 Å². The number of fused-ring (bicyclic) bond motifs is 2. The Labute approximate surface area is 212 Å². The number of carbonyl (C=O) groups excluding carboxylic acids is 2. The normalized spacial score (nSPS) is 21.7. The van der Waals surface area contributed by atoms with Crippen LogP contribution in [0.15, 0.2) is 36.4 Å². The van der Waals surface area contributed by atoms with Crippen molar-refractivity contribution in [1.29, 1.82) is 0 Å². The average molecular weight is 551 g/mol. The number of alkyl halides is 7. The second-order valence-corrected chi connectivity index (χ2v) is 9.96. The molecule has 2 saturated carbocycles. The molecule has 37 heavy (non-hydrogen) atoms. The van der Waals surface area contributed by atoms with Crippen LogP contribution in [0.2, 0.25) is 5.02 Å². The van der Waals surface area contributed by atoms with E-state index < -0.39 is 35.4 Å². The Hall–Kier alpha value is -2.82. The third kappa shape index (κ3) is 4.89. The zero-order valence-corrected chi connectivity index (χ0v) is 20.1. The van der Waals surface area contributed by atoms with Crippen molar-refractivity contribution in [2.24, 2.45) is 11.8 Å². The molecule has 0 spiro atoms. The minimum absolute atomic E-state index is 0.00190. The van der Waals surface area contributed by atoms with E-state index in [4.69, 9.17) is 11.6 Å². The van der Waals surface area contributed by atoms with E-state index >= 15 is 0 Å². The SMILES string of the molecule is Cc1cc(C(F)(C(F)(F)F)C(F)(F)F)ccc1NC(=O)c1cccc(Cl)c1C(=O)NC1CC2CCC1C2. The number of amides is 2. The lowest BCUT2D eigenvalue weighted by Crippen LogP contribution is -2.50. The fraction of sp³-hybridized carbons (Fsp3) is 0.440. The number of benzene rings is 2. The number of nitrogens with one attached hydrogen (secondary N) is 2. The molecule has 12 heteroatoms. The van der Waals surface area contributed by atoms with Crippen LogP contribution >= 0.6 is 11.6 Å². The first-order valence-corrected chi connectivity index (χ1v) is 11.9. The van der Waals surface area contributed by atoms with Gasteiger partial charge in [-0.15, -0.1) is 0 Å². The van der Waals surface area contributed by atoms with Crippen LogP contribution in [-0.2, 0) is 5.67 Å². The van der Waals surface area contributed by atoms with Crippen LogP contribution in [0.5, 0.6) is 0 Å². The Morgan fingerprint density at radius 1 is 0.919 bits per heavy atom. The number of aryl methyl sites for hydroxylation is 1. The maximum atomic E-state index is 14.4. The molecule has 0 aliphatic heterocycles. The van der Waals surface area contributed by atoms with Crippen LogP contribution in [0.4, 0.5) is 36.4 Å². The van der Waals surface area contributed by atoms with Crippen LogP contribution in [0.3, 0.4) is 0 Å². The highest BCUT2D eigenvalue weighted by atomic mass is 35.5. The van der Waals surface area contributed by atoms with Gasteiger partial charge >= 0.3 is 18.0 Å². The highest BCUT2D eigenvalue weighted by Crippen LogP contribution is 2.53. The minimum atomic E-state index is -6.26. The third-order valence-electron chi connectivity index (χ3n) is 7.19. The Morgan fingerprint density at radius 2 is 1.59 bits per heavy atom. The molecule has 0 heterocycles. The van der Waals surface area contributed by atoms with Crippen LogP contribution in [0, 0.1) is 18.8 Å². The topological polar surface area (TPSA) is 58.2 Å². The fourth-order valence-electron chi connectivity index (χ4n) is 5.30. The molecular formula is C25H22ClF7N2O2. The Bertz CT molecular complexity index is 1210. The summed E-state index contributed by atoms with van der Waals surface area (Å²) < 4.78 is 92.9. The van der Waals surface area contributed by atoms with Crippen molar-refractivity contribution in [3.05, 3.63) is 63.7 Å². The van der Waals surface area contributed by atoms with Crippen molar-refractivity contribution in [2.45, 2.75) is 56.7 Å². The van der Waals surface area contributed by atoms with E-state index in [2.05, 4.69) is 10.6 Å². The van der Waals surface area contributed by atoms with Crippen LogP contribution in [0.1, 0.15) is 57.5 Å². The zero-order chi connectivity index (χ0) is 27.3. The molecule has 2 aliphatic carbocycles. The number of anilines is 1. The monoisotopic (exact) mass is 550 g/mol. The van der Waals surface area contributed by atoms with Gasteiger partial charge in [-0.1, -0.05) is 36.2 Å². The van der Waals surface area contributed by atoms with Crippen LogP contribution < -0.4 is 10.6 Å². The highest BCUT2D eigenvalue weighted by Gasteiger charge is 2.73. The summed E-state index contributed by atoms with van der Waals surface area (Å²) >= 11 is 6.23. The fourth-order valence-corrected chi connectivity index (χ4v) is 5.56. The van der Waals surface area contributed by atoms with E-state index in [1.165, 1.54) is 18.2 Å². The zero-order valence-electron chi connectivity index (χ0n) is 19.4. The lowest BCUT2D eigenvalue weighted by Gasteiger charge is -2.30. The van der Waals surface area contributed by atoms with Gasteiger partial charge in [0.25, 0.3) is 11.8 Å². The van der Waals surface area contributed by atoms with E-state index in [9.17, 15) is 40.3 Å². The number of hydrogen-bond donors (Lipinski definition) is 2. The van der Waals surface area contributed by atoms with Gasteiger partial charge in [-0.3, -0.25) is 9.59 Å². The molecule has 0 saturated heterocycles. The first kappa shape index (κ1) is 27.2. The van der Waals surface area contributed by atoms with Crippen LogP contribution in [-0.4, -0.2) is 30.2 Å². The summed E-state index contributed by atoms with van der Waals surface area (Å²) in [7, 11) is 0. The summed E-state index contributed by atoms with van der Waals surface area (Å²) in [4.78, 5) is 26.1. The maximum Gasteiger partial charge on any atom is 0.435 e. The Balaban J connectivity index is 1.58. The molecule has 2 aromatic carbocycles. The minimum Gasteiger partial charge on any atom is -0.349 e. The molecule has 0 aromatic heterocycles. The van der Waals surface area contributed by atoms with Crippen molar-refractivity contribution in [1.82, 2.24) is 5.32 Å². The van der Waals surface area contributed by atoms with Gasteiger partial charge in [-0.25, -0.2) is 4.39 Å². The predicted molar refractivity (Wildman–Crippen MR) is 122 cm³/mol. The van der Waals surface area contributed by atoms with Gasteiger partial charge in [0.05, 0.1) is 16.1 Å². The Kier molecular flexibility index (Phi) is 6.98. The van der Waals surface area contributed by atoms with E-state index in [1.807, 2.05) is 0 Å². The average Bonchev–Trinajstić information content (AvgIpc) is 3.41. The summed E-state index contributed by atoms with van der Waals surface area (Å²) in [6.45, 7) is 1.12. The van der Waals surface area contributed by atoms with Crippen molar-refractivity contribution >= 4 is 29.1 Å². The van der Waals surface area contributed by atoms with Gasteiger partial charge in [0.15, 0.2) is 0 Å². The van der Waals surface area contributed by atoms with Gasteiger partial charge in [0.1, 0.15) is 0 Å². The molecule has 2 aromatic rings. The van der Waals surface area contributed by atoms with Crippen LogP contribution in [0.25, 0.3) is 0 Å². The van der Waals surface area contributed by atoms with Crippen molar-refractivity contribution in [3.8, 4) is 0 Å². The number of rotatable bonds is 5. The third-order valence-corrected chi connectivity index (χ3v) is 7.51. The summed E-state index contributed by atoms with van der Waals surface area (Å²) in [5, 5.41) is 5.29. The van der Waals surface area contributed by atoms with E-state index in [0.29, 0.717) is 24.0 Å². The quantitative estimate of drug-likeness (QED) is 0.390. The number of halogens is 8. The number of carbonyl (C=O) groups is 2. The maximum absolute atomic E-state index is 14.4. The summed E-state index contributed by atoms with van der Waals surface area (Å²) in [5.74, 6) is -0.522. The summed E-state index contributed by atoms with van der Waals surface area (Å²) in [6, 6.07) is 5.54. The van der Waals surface area contributed by atoms with Crippen molar-refractivity contribution < 1.29 is 40.3 Å². The summed E-state index contributed by atoms with van der Waals surface area (Å²) in [5.41, 5.74) is -7.92. The first-order chi connectivity index (χ1) is 17.1. The summed E-state index contributed by atoms with van der Waals surface area (Å²) in [6.07, 6.45) is -8.54. The second kappa shape index (κ2) is 9.49. The van der Waals surface area contributed by atoms with E-state index in [0.717, 1.165) is 38.7 Å². The largest absolute Gasteiger partial charge is 0.435 e. The van der Waals surface area contributed by atoms with Gasteiger partial charge in [-0.2, -0.15) is 26.3 Å². The molecule has 2 amide bonds. The molecule has 2 aliphatic rings. The molecule has 3 unspecified atom stereocenters. The second-order valence-electron chi connectivity index (χ2n) is 9.56. The van der Waals surface area contributed by atoms with Gasteiger partial charge in [-0.05, 0) is 61.8 Å². The molecule has 3 atom stereocenters. The molecule has 2 fully saturated rings. The van der Waals surface area contributed by atoms with Crippen molar-refractivity contribution in [2.75, 3.05) is 5.32 Å². The van der Waals surface area contributed by atoms with E-state index in [1.54, 1.807) is 0 Å². The van der Waals surface area contributed by atoms with Gasteiger partial charge in [0, 0.05) is 17.3 Å². The molecular weight excluding hydrogens is 529 g/mol. The molecule has 200 valence electrons. The number of hydrogen-bond acceptors (Lipinski definition) is 2.